The number of imidazole rings is 1. The Hall–Kier alpha value is -1.41. The number of nitrogens with one attached hydrogen (secondary N) is 2. The van der Waals surface area contributed by atoms with Crippen molar-refractivity contribution in [3.8, 4) is 0 Å². The van der Waals surface area contributed by atoms with Gasteiger partial charge in [0.1, 0.15) is 5.82 Å². The molecule has 136 valence electrons. The summed E-state index contributed by atoms with van der Waals surface area (Å²) >= 11 is 3.47. The average molecular weight is 429 g/mol. The molecule has 1 aliphatic rings. The van der Waals surface area contributed by atoms with Crippen LogP contribution in [-0.2, 0) is 11.8 Å². The van der Waals surface area contributed by atoms with E-state index in [2.05, 4.69) is 36.4 Å². The third-order valence-electron chi connectivity index (χ3n) is 4.30. The van der Waals surface area contributed by atoms with Crippen molar-refractivity contribution in [3.63, 3.8) is 0 Å². The molecule has 8 heteroatoms. The summed E-state index contributed by atoms with van der Waals surface area (Å²) in [4.78, 5) is 19.1. The minimum absolute atomic E-state index is 0. The van der Waals surface area contributed by atoms with Crippen molar-refractivity contribution in [2.24, 2.45) is 7.05 Å². The van der Waals surface area contributed by atoms with Crippen LogP contribution in [-0.4, -0.2) is 46.5 Å². The molecule has 1 fully saturated rings. The summed E-state index contributed by atoms with van der Waals surface area (Å²) in [6, 6.07) is 5.93. The lowest BCUT2D eigenvalue weighted by molar-refractivity contribution is -0.118. The SMILES string of the molecule is Cc1cc(NC(=O)CN2CCNCC2c2nccn2C)ccc1Br.Cl. The fraction of sp³-hybridized carbons (Fsp3) is 0.412. The molecule has 0 saturated carbocycles. The largest absolute Gasteiger partial charge is 0.337 e. The number of rotatable bonds is 4. The normalized spacial score (nSPS) is 17.8. The van der Waals surface area contributed by atoms with Gasteiger partial charge in [0.05, 0.1) is 12.6 Å². The number of carbonyl (C=O) groups excluding carboxylic acids is 1. The molecule has 2 N–H and O–H groups in total. The van der Waals surface area contributed by atoms with E-state index in [4.69, 9.17) is 0 Å². The molecular formula is C17H23BrClN5O. The summed E-state index contributed by atoms with van der Waals surface area (Å²) in [6.45, 7) is 4.87. The predicted octanol–water partition coefficient (Wildman–Crippen LogP) is 2.50. The second kappa shape index (κ2) is 8.80. The number of amides is 1. The van der Waals surface area contributed by atoms with Gasteiger partial charge in [-0.05, 0) is 30.7 Å². The van der Waals surface area contributed by atoms with Crippen molar-refractivity contribution in [3.05, 3.63) is 46.5 Å². The van der Waals surface area contributed by atoms with Crippen LogP contribution in [0.2, 0.25) is 0 Å². The summed E-state index contributed by atoms with van der Waals surface area (Å²) in [6.07, 6.45) is 3.74. The average Bonchev–Trinajstić information content (AvgIpc) is 2.97. The summed E-state index contributed by atoms with van der Waals surface area (Å²) in [5, 5.41) is 6.37. The lowest BCUT2D eigenvalue weighted by Gasteiger charge is -2.35. The molecule has 1 amide bonds. The zero-order chi connectivity index (χ0) is 17.1. The van der Waals surface area contributed by atoms with Gasteiger partial charge >= 0.3 is 0 Å². The van der Waals surface area contributed by atoms with E-state index >= 15 is 0 Å². The molecule has 1 unspecified atom stereocenters. The van der Waals surface area contributed by atoms with E-state index in [1.54, 1.807) is 6.20 Å². The fourth-order valence-corrected chi connectivity index (χ4v) is 3.24. The standard InChI is InChI=1S/C17H22BrN5O.ClH/c1-12-9-13(3-4-14(12)18)21-16(24)11-23-8-5-19-10-15(23)17-20-6-7-22(17)2;/h3-4,6-7,9,15,19H,5,8,10-11H2,1-2H3,(H,21,24);1H. The zero-order valence-electron chi connectivity index (χ0n) is 14.3. The number of hydrogen-bond donors (Lipinski definition) is 2. The Morgan fingerprint density at radius 3 is 2.96 bits per heavy atom. The topological polar surface area (TPSA) is 62.2 Å². The number of piperazine rings is 1. The van der Waals surface area contributed by atoms with Gasteiger partial charge < -0.3 is 15.2 Å². The number of aromatic nitrogens is 2. The Kier molecular flexibility index (Phi) is 7.01. The van der Waals surface area contributed by atoms with Crippen molar-refractivity contribution in [2.75, 3.05) is 31.5 Å². The van der Waals surface area contributed by atoms with Gasteiger partial charge in [-0.3, -0.25) is 9.69 Å². The molecular weight excluding hydrogens is 406 g/mol. The van der Waals surface area contributed by atoms with E-state index in [0.29, 0.717) is 6.54 Å². The Balaban J connectivity index is 0.00000225. The van der Waals surface area contributed by atoms with Gasteiger partial charge in [0.15, 0.2) is 0 Å². The van der Waals surface area contributed by atoms with Crippen molar-refractivity contribution in [1.29, 1.82) is 0 Å². The van der Waals surface area contributed by atoms with Crippen molar-refractivity contribution < 1.29 is 4.79 Å². The Labute approximate surface area is 162 Å². The third-order valence-corrected chi connectivity index (χ3v) is 5.19. The van der Waals surface area contributed by atoms with Gasteiger partial charge in [0.2, 0.25) is 5.91 Å². The van der Waals surface area contributed by atoms with Gasteiger partial charge in [-0.25, -0.2) is 4.98 Å². The maximum atomic E-state index is 12.5. The zero-order valence-corrected chi connectivity index (χ0v) is 16.7. The molecule has 1 aromatic carbocycles. The molecule has 0 radical (unpaired) electrons. The number of aryl methyl sites for hydroxylation is 2. The molecule has 2 heterocycles. The van der Waals surface area contributed by atoms with Crippen LogP contribution >= 0.6 is 28.3 Å². The van der Waals surface area contributed by atoms with E-state index in [-0.39, 0.29) is 24.4 Å². The second-order valence-electron chi connectivity index (χ2n) is 6.10. The predicted molar refractivity (Wildman–Crippen MR) is 105 cm³/mol. The van der Waals surface area contributed by atoms with Crippen LogP contribution in [0.5, 0.6) is 0 Å². The maximum absolute atomic E-state index is 12.5. The van der Waals surface area contributed by atoms with Crippen LogP contribution < -0.4 is 10.6 Å². The Morgan fingerprint density at radius 2 is 2.28 bits per heavy atom. The minimum atomic E-state index is -0.00201. The Morgan fingerprint density at radius 1 is 1.48 bits per heavy atom. The van der Waals surface area contributed by atoms with Crippen LogP contribution in [0.15, 0.2) is 35.1 Å². The summed E-state index contributed by atoms with van der Waals surface area (Å²) in [5.41, 5.74) is 1.92. The fourth-order valence-electron chi connectivity index (χ4n) is 3.00. The van der Waals surface area contributed by atoms with E-state index in [9.17, 15) is 4.79 Å². The third kappa shape index (κ3) is 4.82. The second-order valence-corrected chi connectivity index (χ2v) is 6.95. The molecule has 6 nitrogen and oxygen atoms in total. The Bertz CT molecular complexity index is 736. The van der Waals surface area contributed by atoms with E-state index < -0.39 is 0 Å². The lowest BCUT2D eigenvalue weighted by atomic mass is 10.1. The van der Waals surface area contributed by atoms with Gasteiger partial charge in [-0.1, -0.05) is 15.9 Å². The molecule has 1 atom stereocenters. The highest BCUT2D eigenvalue weighted by molar-refractivity contribution is 9.10. The van der Waals surface area contributed by atoms with Crippen LogP contribution in [0, 0.1) is 6.92 Å². The molecule has 3 rings (SSSR count). The first-order valence-corrected chi connectivity index (χ1v) is 8.82. The summed E-state index contributed by atoms with van der Waals surface area (Å²) in [5.74, 6) is 0.979. The molecule has 2 aromatic rings. The molecule has 0 aliphatic carbocycles. The summed E-state index contributed by atoms with van der Waals surface area (Å²) in [7, 11) is 1.99. The van der Waals surface area contributed by atoms with E-state index in [1.165, 1.54) is 0 Å². The molecule has 25 heavy (non-hydrogen) atoms. The highest BCUT2D eigenvalue weighted by Crippen LogP contribution is 2.22. The van der Waals surface area contributed by atoms with Crippen molar-refractivity contribution in [2.45, 2.75) is 13.0 Å². The summed E-state index contributed by atoms with van der Waals surface area (Å²) < 4.78 is 3.05. The molecule has 1 aliphatic heterocycles. The van der Waals surface area contributed by atoms with Crippen molar-refractivity contribution in [1.82, 2.24) is 19.8 Å². The molecule has 1 aromatic heterocycles. The van der Waals surface area contributed by atoms with Gasteiger partial charge in [-0.2, -0.15) is 0 Å². The van der Waals surface area contributed by atoms with Gasteiger partial charge in [0.25, 0.3) is 0 Å². The maximum Gasteiger partial charge on any atom is 0.238 e. The van der Waals surface area contributed by atoms with Crippen LogP contribution in [0.3, 0.4) is 0 Å². The van der Waals surface area contributed by atoms with Gasteiger partial charge in [-0.15, -0.1) is 12.4 Å². The highest BCUT2D eigenvalue weighted by atomic mass is 79.9. The van der Waals surface area contributed by atoms with Gasteiger partial charge in [0, 0.05) is 49.2 Å². The number of nitrogens with zero attached hydrogens (tertiary/aromatic N) is 3. The van der Waals surface area contributed by atoms with E-state index in [1.807, 2.05) is 42.9 Å². The number of carbonyl (C=O) groups is 1. The monoisotopic (exact) mass is 427 g/mol. The smallest absolute Gasteiger partial charge is 0.238 e. The van der Waals surface area contributed by atoms with Crippen LogP contribution in [0.1, 0.15) is 17.4 Å². The highest BCUT2D eigenvalue weighted by Gasteiger charge is 2.28. The number of hydrogen-bond acceptors (Lipinski definition) is 4. The number of anilines is 1. The van der Waals surface area contributed by atoms with Crippen molar-refractivity contribution >= 4 is 39.9 Å². The van der Waals surface area contributed by atoms with Crippen LogP contribution in [0.4, 0.5) is 5.69 Å². The molecule has 1 saturated heterocycles. The molecule has 0 bridgehead atoms. The van der Waals surface area contributed by atoms with Crippen LogP contribution in [0.25, 0.3) is 0 Å². The number of benzene rings is 1. The first-order chi connectivity index (χ1) is 11.5. The number of halogens is 2. The molecule has 0 spiro atoms. The first-order valence-electron chi connectivity index (χ1n) is 8.02. The quantitative estimate of drug-likeness (QED) is 0.785. The minimum Gasteiger partial charge on any atom is -0.337 e. The lowest BCUT2D eigenvalue weighted by Crippen LogP contribution is -2.49. The van der Waals surface area contributed by atoms with E-state index in [0.717, 1.165) is 41.2 Å². The first kappa shape index (κ1) is 19.9.